The van der Waals surface area contributed by atoms with E-state index in [1.54, 1.807) is 0 Å². The molecule has 0 aromatic heterocycles. The van der Waals surface area contributed by atoms with Gasteiger partial charge < -0.3 is 15.4 Å². The van der Waals surface area contributed by atoms with Crippen molar-refractivity contribution in [3.63, 3.8) is 0 Å². The molecule has 1 heterocycles. The van der Waals surface area contributed by atoms with Crippen molar-refractivity contribution in [2.24, 2.45) is 5.41 Å². The molecule has 1 aromatic rings. The average Bonchev–Trinajstić information content (AvgIpc) is 2.46. The van der Waals surface area contributed by atoms with Crippen LogP contribution in [-0.4, -0.2) is 25.2 Å². The molecule has 21 heavy (non-hydrogen) atoms. The molecule has 1 aliphatic carbocycles. The van der Waals surface area contributed by atoms with Gasteiger partial charge in [-0.15, -0.1) is 12.4 Å². The minimum atomic E-state index is -0.289. The molecule has 1 amide bonds. The molecule has 2 fully saturated rings. The number of rotatable bonds is 3. The highest BCUT2D eigenvalue weighted by Gasteiger charge is 2.45. The van der Waals surface area contributed by atoms with Gasteiger partial charge in [-0.2, -0.15) is 0 Å². The van der Waals surface area contributed by atoms with Crippen molar-refractivity contribution in [3.05, 3.63) is 35.9 Å². The second-order valence-corrected chi connectivity index (χ2v) is 6.06. The summed E-state index contributed by atoms with van der Waals surface area (Å²) >= 11 is 0. The Kier molecular flexibility index (Phi) is 5.48. The molecule has 0 atom stereocenters. The summed E-state index contributed by atoms with van der Waals surface area (Å²) in [5, 5.41) is 6.37. The van der Waals surface area contributed by atoms with E-state index in [-0.39, 0.29) is 18.5 Å². The molecule has 5 heteroatoms. The molecule has 4 nitrogen and oxygen atoms in total. The largest absolute Gasteiger partial charge is 0.445 e. The Morgan fingerprint density at radius 1 is 1.24 bits per heavy atom. The molecule has 0 bridgehead atoms. The summed E-state index contributed by atoms with van der Waals surface area (Å²) < 4.78 is 5.25. The quantitative estimate of drug-likeness (QED) is 0.902. The fourth-order valence-corrected chi connectivity index (χ4v) is 3.38. The van der Waals surface area contributed by atoms with Crippen LogP contribution < -0.4 is 10.6 Å². The summed E-state index contributed by atoms with van der Waals surface area (Å²) in [5.41, 5.74) is 1.51. The van der Waals surface area contributed by atoms with E-state index < -0.39 is 0 Å². The Morgan fingerprint density at radius 2 is 1.90 bits per heavy atom. The maximum Gasteiger partial charge on any atom is 0.407 e. The lowest BCUT2D eigenvalue weighted by Crippen LogP contribution is -2.54. The molecule has 3 rings (SSSR count). The standard InChI is InChI=1S/C16H22N2O2.ClH/c19-15(20-12-13-4-2-1-3-5-13)18-14-10-16(11-14)6-8-17-9-7-16;/h1-5,14,17H,6-12H2,(H,18,19);1H. The van der Waals surface area contributed by atoms with Gasteiger partial charge in [0.2, 0.25) is 0 Å². The first kappa shape index (κ1) is 16.1. The maximum absolute atomic E-state index is 11.7. The third-order valence-electron chi connectivity index (χ3n) is 4.56. The summed E-state index contributed by atoms with van der Waals surface area (Å²) in [6.45, 7) is 2.57. The number of halogens is 1. The highest BCUT2D eigenvalue weighted by Crippen LogP contribution is 2.47. The van der Waals surface area contributed by atoms with Gasteiger partial charge in [-0.1, -0.05) is 30.3 Å². The van der Waals surface area contributed by atoms with E-state index in [4.69, 9.17) is 4.74 Å². The van der Waals surface area contributed by atoms with Crippen molar-refractivity contribution in [1.29, 1.82) is 0 Å². The highest BCUT2D eigenvalue weighted by atomic mass is 35.5. The number of nitrogens with one attached hydrogen (secondary N) is 2. The second kappa shape index (κ2) is 7.14. The third-order valence-corrected chi connectivity index (χ3v) is 4.56. The van der Waals surface area contributed by atoms with Gasteiger partial charge in [0.05, 0.1) is 0 Å². The summed E-state index contributed by atoms with van der Waals surface area (Å²) in [7, 11) is 0. The molecule has 2 aliphatic rings. The zero-order valence-electron chi connectivity index (χ0n) is 12.1. The molecular weight excluding hydrogens is 288 g/mol. The van der Waals surface area contributed by atoms with Crippen molar-refractivity contribution in [1.82, 2.24) is 10.6 Å². The van der Waals surface area contributed by atoms with Gasteiger partial charge in [0.15, 0.2) is 0 Å². The van der Waals surface area contributed by atoms with Crippen molar-refractivity contribution in [2.75, 3.05) is 13.1 Å². The Balaban J connectivity index is 0.00000161. The normalized spacial score (nSPS) is 20.2. The number of carbonyl (C=O) groups is 1. The molecule has 1 spiro atoms. The number of carbonyl (C=O) groups excluding carboxylic acids is 1. The van der Waals surface area contributed by atoms with Crippen LogP contribution in [-0.2, 0) is 11.3 Å². The topological polar surface area (TPSA) is 50.4 Å². The molecule has 1 saturated heterocycles. The van der Waals surface area contributed by atoms with Gasteiger partial charge in [0, 0.05) is 6.04 Å². The summed E-state index contributed by atoms with van der Waals surface area (Å²) in [5.74, 6) is 0. The summed E-state index contributed by atoms with van der Waals surface area (Å²) in [6, 6.07) is 10.1. The van der Waals surface area contributed by atoms with Crippen LogP contribution in [0.25, 0.3) is 0 Å². The zero-order valence-corrected chi connectivity index (χ0v) is 13.0. The number of alkyl carbamates (subject to hydrolysis) is 1. The average molecular weight is 311 g/mol. The van der Waals surface area contributed by atoms with Crippen LogP contribution in [0.4, 0.5) is 4.79 Å². The molecule has 1 aliphatic heterocycles. The van der Waals surface area contributed by atoms with Gasteiger partial charge in [0.25, 0.3) is 0 Å². The minimum Gasteiger partial charge on any atom is -0.445 e. The fourth-order valence-electron chi connectivity index (χ4n) is 3.38. The summed E-state index contributed by atoms with van der Waals surface area (Å²) in [4.78, 5) is 11.7. The lowest BCUT2D eigenvalue weighted by Gasteiger charge is -2.50. The van der Waals surface area contributed by atoms with E-state index in [1.165, 1.54) is 12.8 Å². The lowest BCUT2D eigenvalue weighted by molar-refractivity contribution is 0.0413. The Hall–Kier alpha value is -1.26. The van der Waals surface area contributed by atoms with E-state index in [1.807, 2.05) is 30.3 Å². The molecule has 116 valence electrons. The number of hydrogen-bond donors (Lipinski definition) is 2. The smallest absolute Gasteiger partial charge is 0.407 e. The van der Waals surface area contributed by atoms with Gasteiger partial charge in [-0.25, -0.2) is 4.79 Å². The van der Waals surface area contributed by atoms with Crippen LogP contribution in [0.15, 0.2) is 30.3 Å². The lowest BCUT2D eigenvalue weighted by atomic mass is 9.61. The van der Waals surface area contributed by atoms with Crippen molar-refractivity contribution in [3.8, 4) is 0 Å². The van der Waals surface area contributed by atoms with Crippen molar-refractivity contribution in [2.45, 2.75) is 38.3 Å². The van der Waals surface area contributed by atoms with Crippen LogP contribution >= 0.6 is 12.4 Å². The van der Waals surface area contributed by atoms with Crippen LogP contribution in [0.5, 0.6) is 0 Å². The molecule has 0 radical (unpaired) electrons. The maximum atomic E-state index is 11.7. The van der Waals surface area contributed by atoms with Crippen molar-refractivity contribution >= 4 is 18.5 Å². The van der Waals surface area contributed by atoms with Crippen molar-refractivity contribution < 1.29 is 9.53 Å². The number of amides is 1. The molecule has 1 aromatic carbocycles. The van der Waals surface area contributed by atoms with E-state index in [9.17, 15) is 4.79 Å². The van der Waals surface area contributed by atoms with E-state index in [0.717, 1.165) is 31.5 Å². The highest BCUT2D eigenvalue weighted by molar-refractivity contribution is 5.85. The predicted octanol–water partition coefficient (Wildman–Crippen LogP) is 2.87. The first-order valence-electron chi connectivity index (χ1n) is 7.44. The van der Waals surface area contributed by atoms with Gasteiger partial charge in [-0.3, -0.25) is 0 Å². The van der Waals surface area contributed by atoms with Crippen LogP contribution in [0.2, 0.25) is 0 Å². The van der Waals surface area contributed by atoms with Gasteiger partial charge in [0.1, 0.15) is 6.61 Å². The fraction of sp³-hybridized carbons (Fsp3) is 0.562. The van der Waals surface area contributed by atoms with E-state index in [2.05, 4.69) is 10.6 Å². The molecule has 2 N–H and O–H groups in total. The Labute approximate surface area is 132 Å². The number of ether oxygens (including phenoxy) is 1. The molecular formula is C16H23ClN2O2. The zero-order chi connectivity index (χ0) is 13.8. The van der Waals surface area contributed by atoms with Gasteiger partial charge >= 0.3 is 6.09 Å². The monoisotopic (exact) mass is 310 g/mol. The molecule has 0 unspecified atom stereocenters. The SMILES string of the molecule is Cl.O=C(NC1CC2(CCNCC2)C1)OCc1ccccc1. The number of hydrogen-bond acceptors (Lipinski definition) is 3. The Bertz CT molecular complexity index is 453. The summed E-state index contributed by atoms with van der Waals surface area (Å²) in [6.07, 6.45) is 4.40. The minimum absolute atomic E-state index is 0. The number of piperidine rings is 1. The van der Waals surface area contributed by atoms with Crippen LogP contribution in [0, 0.1) is 5.41 Å². The third kappa shape index (κ3) is 4.11. The first-order chi connectivity index (χ1) is 9.76. The van der Waals surface area contributed by atoms with Gasteiger partial charge in [-0.05, 0) is 49.8 Å². The molecule has 1 saturated carbocycles. The second-order valence-electron chi connectivity index (χ2n) is 6.06. The number of benzene rings is 1. The van der Waals surface area contributed by atoms with Crippen LogP contribution in [0.1, 0.15) is 31.2 Å². The Morgan fingerprint density at radius 3 is 2.57 bits per heavy atom. The van der Waals surface area contributed by atoms with E-state index >= 15 is 0 Å². The van der Waals surface area contributed by atoms with E-state index in [0.29, 0.717) is 18.1 Å². The van der Waals surface area contributed by atoms with Crippen LogP contribution in [0.3, 0.4) is 0 Å². The first-order valence-corrected chi connectivity index (χ1v) is 7.44. The predicted molar refractivity (Wildman–Crippen MR) is 84.6 cm³/mol.